The topological polar surface area (TPSA) is 71.5 Å². The molecule has 3 heterocycles. The number of piperidine rings is 1. The first-order valence-electron chi connectivity index (χ1n) is 7.24. The van der Waals surface area contributed by atoms with Crippen molar-refractivity contribution < 1.29 is 14.3 Å². The van der Waals surface area contributed by atoms with Crippen molar-refractivity contribution in [3.8, 4) is 0 Å². The van der Waals surface area contributed by atoms with Crippen LogP contribution in [-0.4, -0.2) is 41.1 Å². The molecule has 1 saturated heterocycles. The van der Waals surface area contributed by atoms with Gasteiger partial charge < -0.3 is 15.0 Å². The average molecular weight is 289 g/mol. The third kappa shape index (κ3) is 2.24. The van der Waals surface area contributed by atoms with Crippen LogP contribution in [0, 0.1) is 0 Å². The molecule has 0 unspecified atom stereocenters. The highest BCUT2D eigenvalue weighted by atomic mass is 16.6. The van der Waals surface area contributed by atoms with Crippen LogP contribution in [0.5, 0.6) is 0 Å². The maximum Gasteiger partial charge on any atom is 0.410 e. The van der Waals surface area contributed by atoms with E-state index in [2.05, 4.69) is 10.3 Å². The van der Waals surface area contributed by atoms with Crippen molar-refractivity contribution in [1.29, 1.82) is 0 Å². The molecule has 0 atom stereocenters. The zero-order valence-electron chi connectivity index (χ0n) is 12.3. The van der Waals surface area contributed by atoms with Crippen molar-refractivity contribution in [2.24, 2.45) is 0 Å². The van der Waals surface area contributed by atoms with Crippen LogP contribution < -0.4 is 5.32 Å². The number of nitrogens with zero attached hydrogens (tertiary/aromatic N) is 2. The molecule has 1 aromatic heterocycles. The van der Waals surface area contributed by atoms with Gasteiger partial charge in [-0.15, -0.1) is 0 Å². The Kier molecular flexibility index (Phi) is 3.31. The van der Waals surface area contributed by atoms with Gasteiger partial charge in [-0.05, 0) is 38.3 Å². The minimum atomic E-state index is -0.521. The molecule has 21 heavy (non-hydrogen) atoms. The summed E-state index contributed by atoms with van der Waals surface area (Å²) < 4.78 is 5.21. The molecule has 1 N–H and O–H groups in total. The van der Waals surface area contributed by atoms with Crippen LogP contribution in [0.4, 0.5) is 10.5 Å². The number of fused-ring (bicyclic) bond motifs is 2. The Balaban J connectivity index is 1.76. The van der Waals surface area contributed by atoms with E-state index in [4.69, 9.17) is 4.74 Å². The smallest absolute Gasteiger partial charge is 0.410 e. The second-order valence-corrected chi connectivity index (χ2v) is 5.88. The second-order valence-electron chi connectivity index (χ2n) is 5.88. The lowest BCUT2D eigenvalue weighted by molar-refractivity contribution is -0.122. The number of rotatable bonds is 1. The van der Waals surface area contributed by atoms with E-state index in [9.17, 15) is 9.59 Å². The van der Waals surface area contributed by atoms with E-state index in [0.29, 0.717) is 25.9 Å². The normalized spacial score (nSPS) is 19.6. The van der Waals surface area contributed by atoms with Crippen molar-refractivity contribution in [1.82, 2.24) is 9.88 Å². The zero-order valence-corrected chi connectivity index (χ0v) is 12.3. The van der Waals surface area contributed by atoms with Gasteiger partial charge in [0.1, 0.15) is 0 Å². The Morgan fingerprint density at radius 3 is 2.81 bits per heavy atom. The summed E-state index contributed by atoms with van der Waals surface area (Å²) in [7, 11) is 0. The van der Waals surface area contributed by atoms with Crippen molar-refractivity contribution in [2.75, 3.05) is 18.4 Å². The van der Waals surface area contributed by atoms with E-state index >= 15 is 0 Å². The van der Waals surface area contributed by atoms with Crippen LogP contribution in [0.1, 0.15) is 32.3 Å². The Hall–Kier alpha value is -2.11. The molecule has 6 nitrogen and oxygen atoms in total. The maximum absolute atomic E-state index is 12.4. The SMILES string of the molecule is CC(C)OC(=O)N1CCC2(CC1)C(=O)Nc1cnccc12. The molecule has 1 aromatic rings. The molecule has 6 heteroatoms. The highest BCUT2D eigenvalue weighted by Gasteiger charge is 2.49. The maximum atomic E-state index is 12.4. The summed E-state index contributed by atoms with van der Waals surface area (Å²) in [6, 6.07) is 1.90. The highest BCUT2D eigenvalue weighted by molar-refractivity contribution is 6.06. The van der Waals surface area contributed by atoms with Gasteiger partial charge in [-0.3, -0.25) is 9.78 Å². The quantitative estimate of drug-likeness (QED) is 0.857. The molecule has 0 aromatic carbocycles. The van der Waals surface area contributed by atoms with Crippen LogP contribution in [0.2, 0.25) is 0 Å². The minimum absolute atomic E-state index is 0.0161. The standard InChI is InChI=1S/C15H19N3O3/c1-10(2)21-14(20)18-7-4-15(5-8-18)11-3-6-16-9-12(11)17-13(15)19/h3,6,9-10H,4-5,7-8H2,1-2H3,(H,17,19). The van der Waals surface area contributed by atoms with E-state index in [1.54, 1.807) is 17.3 Å². The highest BCUT2D eigenvalue weighted by Crippen LogP contribution is 2.44. The number of ether oxygens (including phenoxy) is 1. The molecular formula is C15H19N3O3. The van der Waals surface area contributed by atoms with Crippen LogP contribution in [-0.2, 0) is 14.9 Å². The first-order valence-corrected chi connectivity index (χ1v) is 7.24. The predicted octanol–water partition coefficient (Wildman–Crippen LogP) is 1.91. The summed E-state index contributed by atoms with van der Waals surface area (Å²) >= 11 is 0. The molecule has 2 aliphatic rings. The molecule has 0 saturated carbocycles. The van der Waals surface area contributed by atoms with Crippen molar-refractivity contribution >= 4 is 17.7 Å². The number of pyridine rings is 1. The Morgan fingerprint density at radius 1 is 1.43 bits per heavy atom. The number of hydrogen-bond acceptors (Lipinski definition) is 4. The van der Waals surface area contributed by atoms with E-state index in [0.717, 1.165) is 11.3 Å². The van der Waals surface area contributed by atoms with Gasteiger partial charge >= 0.3 is 6.09 Å². The molecule has 3 rings (SSSR count). The summed E-state index contributed by atoms with van der Waals surface area (Å²) in [4.78, 5) is 30.0. The minimum Gasteiger partial charge on any atom is -0.447 e. The van der Waals surface area contributed by atoms with Crippen molar-refractivity contribution in [2.45, 2.75) is 38.2 Å². The van der Waals surface area contributed by atoms with E-state index in [-0.39, 0.29) is 18.1 Å². The lowest BCUT2D eigenvalue weighted by Crippen LogP contribution is -2.48. The number of carbonyl (C=O) groups is 2. The zero-order chi connectivity index (χ0) is 15.0. The molecule has 2 amide bonds. The monoisotopic (exact) mass is 289 g/mol. The van der Waals surface area contributed by atoms with Crippen LogP contribution >= 0.6 is 0 Å². The average Bonchev–Trinajstić information content (AvgIpc) is 2.72. The molecule has 0 radical (unpaired) electrons. The van der Waals surface area contributed by atoms with Gasteiger partial charge in [0.05, 0.1) is 23.4 Å². The largest absolute Gasteiger partial charge is 0.447 e. The summed E-state index contributed by atoms with van der Waals surface area (Å²) in [5.41, 5.74) is 1.27. The molecule has 0 bridgehead atoms. The van der Waals surface area contributed by atoms with Crippen molar-refractivity contribution in [3.63, 3.8) is 0 Å². The number of hydrogen-bond donors (Lipinski definition) is 1. The van der Waals surface area contributed by atoms with Crippen LogP contribution in [0.25, 0.3) is 0 Å². The fraction of sp³-hybridized carbons (Fsp3) is 0.533. The van der Waals surface area contributed by atoms with Crippen molar-refractivity contribution in [3.05, 3.63) is 24.0 Å². The Bertz CT molecular complexity index is 577. The number of carbonyl (C=O) groups excluding carboxylic acids is 2. The van der Waals surface area contributed by atoms with Gasteiger partial charge in [0, 0.05) is 19.3 Å². The predicted molar refractivity (Wildman–Crippen MR) is 77.0 cm³/mol. The molecule has 1 spiro atoms. The summed E-state index contributed by atoms with van der Waals surface area (Å²) in [5, 5.41) is 2.90. The number of amides is 2. The molecular weight excluding hydrogens is 270 g/mol. The fourth-order valence-corrected chi connectivity index (χ4v) is 3.12. The third-order valence-electron chi connectivity index (χ3n) is 4.23. The van der Waals surface area contributed by atoms with E-state index in [1.165, 1.54) is 0 Å². The first kappa shape index (κ1) is 13.9. The van der Waals surface area contributed by atoms with Gasteiger partial charge in [-0.25, -0.2) is 4.79 Å². The lowest BCUT2D eigenvalue weighted by atomic mass is 9.74. The molecule has 1 fully saturated rings. The Labute approximate surface area is 123 Å². The number of aromatic nitrogens is 1. The summed E-state index contributed by atoms with van der Waals surface area (Å²) in [6.07, 6.45) is 4.19. The van der Waals surface area contributed by atoms with Gasteiger partial charge in [0.25, 0.3) is 0 Å². The van der Waals surface area contributed by atoms with Crippen LogP contribution in [0.3, 0.4) is 0 Å². The lowest BCUT2D eigenvalue weighted by Gasteiger charge is -2.37. The second kappa shape index (κ2) is 5.02. The molecule has 112 valence electrons. The van der Waals surface area contributed by atoms with E-state index < -0.39 is 5.41 Å². The summed E-state index contributed by atoms with van der Waals surface area (Å²) in [5.74, 6) is 0.0161. The van der Waals surface area contributed by atoms with Gasteiger partial charge in [-0.1, -0.05) is 0 Å². The Morgan fingerprint density at radius 2 is 2.14 bits per heavy atom. The summed E-state index contributed by atoms with van der Waals surface area (Å²) in [6.45, 7) is 4.72. The fourth-order valence-electron chi connectivity index (χ4n) is 3.12. The third-order valence-corrected chi connectivity index (χ3v) is 4.23. The van der Waals surface area contributed by atoms with E-state index in [1.807, 2.05) is 19.9 Å². The van der Waals surface area contributed by atoms with Gasteiger partial charge in [-0.2, -0.15) is 0 Å². The number of anilines is 1. The van der Waals surface area contributed by atoms with Gasteiger partial charge in [0.2, 0.25) is 5.91 Å². The number of nitrogens with one attached hydrogen (secondary N) is 1. The molecule has 0 aliphatic carbocycles. The first-order chi connectivity index (χ1) is 10.0. The molecule has 2 aliphatic heterocycles. The van der Waals surface area contributed by atoms with Gasteiger partial charge in [0.15, 0.2) is 0 Å². The number of likely N-dealkylation sites (tertiary alicyclic amines) is 1. The van der Waals surface area contributed by atoms with Crippen LogP contribution in [0.15, 0.2) is 18.5 Å².